The van der Waals surface area contributed by atoms with Crippen molar-refractivity contribution in [3.8, 4) is 0 Å². The predicted molar refractivity (Wildman–Crippen MR) is 73.7 cm³/mol. The SMILES string of the molecule is CCC(C)C(C)[CH2][Al+][CH2]C(C)C(C)CC.[H-]. The Morgan fingerprint density at radius 3 is 1.33 bits per heavy atom. The zero-order chi connectivity index (χ0) is 11.8. The third-order valence-corrected chi connectivity index (χ3v) is 6.46. The van der Waals surface area contributed by atoms with Crippen LogP contribution in [0.25, 0.3) is 0 Å². The molecular weight excluding hydrogens is 195 g/mol. The van der Waals surface area contributed by atoms with Crippen molar-refractivity contribution in [1.82, 2.24) is 0 Å². The first-order valence-corrected chi connectivity index (χ1v) is 8.47. The average molecular weight is 226 g/mol. The molecule has 0 radical (unpaired) electrons. The predicted octanol–water partition coefficient (Wildman–Crippen LogP) is 5.00. The van der Waals surface area contributed by atoms with Crippen LogP contribution >= 0.6 is 0 Å². The van der Waals surface area contributed by atoms with E-state index in [4.69, 9.17) is 0 Å². The van der Waals surface area contributed by atoms with E-state index in [-0.39, 0.29) is 1.43 Å². The van der Waals surface area contributed by atoms with Gasteiger partial charge in [0.15, 0.2) is 0 Å². The van der Waals surface area contributed by atoms with Crippen molar-refractivity contribution in [3.05, 3.63) is 0 Å². The molecule has 15 heavy (non-hydrogen) atoms. The Morgan fingerprint density at radius 1 is 0.733 bits per heavy atom. The zero-order valence-corrected chi connectivity index (χ0v) is 12.9. The molecule has 0 saturated heterocycles. The zero-order valence-electron chi connectivity index (χ0n) is 12.7. The summed E-state index contributed by atoms with van der Waals surface area (Å²) in [6, 6.07) is 0. The molecule has 0 amide bonds. The normalized spacial score (nSPS) is 19.1. The summed E-state index contributed by atoms with van der Waals surface area (Å²) in [5.74, 6) is 3.76. The van der Waals surface area contributed by atoms with Crippen LogP contribution in [0, 0.1) is 23.7 Å². The Bertz CT molecular complexity index is 134. The summed E-state index contributed by atoms with van der Waals surface area (Å²) in [4.78, 5) is 0. The maximum absolute atomic E-state index is 2.44. The summed E-state index contributed by atoms with van der Waals surface area (Å²) in [7, 11) is 0. The van der Waals surface area contributed by atoms with Crippen LogP contribution in [0.1, 0.15) is 55.8 Å². The van der Waals surface area contributed by atoms with Crippen LogP contribution < -0.4 is 0 Å². The average Bonchev–Trinajstić information content (AvgIpc) is 2.26. The molecule has 0 rings (SSSR count). The minimum atomic E-state index is 0. The second kappa shape index (κ2) is 8.66. The van der Waals surface area contributed by atoms with Gasteiger partial charge in [0.25, 0.3) is 0 Å². The van der Waals surface area contributed by atoms with E-state index in [0.717, 1.165) is 23.7 Å². The van der Waals surface area contributed by atoms with Crippen molar-refractivity contribution in [2.45, 2.75) is 64.9 Å². The fourth-order valence-corrected chi connectivity index (χ4v) is 4.06. The first-order valence-electron chi connectivity index (χ1n) is 6.84. The topological polar surface area (TPSA) is 0 Å². The molecule has 0 aromatic carbocycles. The Hall–Kier alpha value is 0.532. The van der Waals surface area contributed by atoms with Gasteiger partial charge in [0.05, 0.1) is 0 Å². The van der Waals surface area contributed by atoms with Gasteiger partial charge >= 0.3 is 104 Å². The second-order valence-electron chi connectivity index (χ2n) is 5.49. The van der Waals surface area contributed by atoms with Crippen LogP contribution in [0.5, 0.6) is 0 Å². The monoisotopic (exact) mass is 226 g/mol. The Morgan fingerprint density at radius 2 is 1.07 bits per heavy atom. The molecule has 0 bridgehead atoms. The van der Waals surface area contributed by atoms with Gasteiger partial charge in [-0.05, 0) is 0 Å². The van der Waals surface area contributed by atoms with Gasteiger partial charge < -0.3 is 1.43 Å². The molecule has 0 nitrogen and oxygen atoms in total. The van der Waals surface area contributed by atoms with Crippen molar-refractivity contribution >= 4 is 15.2 Å². The van der Waals surface area contributed by atoms with Crippen molar-refractivity contribution in [1.29, 1.82) is 0 Å². The summed E-state index contributed by atoms with van der Waals surface area (Å²) in [5.41, 5.74) is 0. The van der Waals surface area contributed by atoms with Crippen molar-refractivity contribution in [2.75, 3.05) is 0 Å². The van der Waals surface area contributed by atoms with Crippen LogP contribution in [-0.2, 0) is 0 Å². The number of hydrogen-bond acceptors (Lipinski definition) is 0. The molecule has 0 saturated carbocycles. The minimum Gasteiger partial charge on any atom is -1.00 e. The largest absolute Gasteiger partial charge is 1.00 e. The Kier molecular flexibility index (Phi) is 8.97. The van der Waals surface area contributed by atoms with Gasteiger partial charge in [0.2, 0.25) is 0 Å². The van der Waals surface area contributed by atoms with Crippen molar-refractivity contribution in [3.63, 3.8) is 0 Å². The van der Waals surface area contributed by atoms with E-state index in [1.165, 1.54) is 23.4 Å². The van der Waals surface area contributed by atoms with Crippen LogP contribution in [0.4, 0.5) is 0 Å². The number of rotatable bonds is 8. The first kappa shape index (κ1) is 15.5. The molecule has 4 unspecified atom stereocenters. The quantitative estimate of drug-likeness (QED) is 0.511. The van der Waals surface area contributed by atoms with E-state index in [1.807, 2.05) is 0 Å². The fourth-order valence-electron chi connectivity index (χ4n) is 1.89. The molecule has 0 aromatic heterocycles. The van der Waals surface area contributed by atoms with E-state index in [1.54, 1.807) is 0 Å². The van der Waals surface area contributed by atoms with Crippen molar-refractivity contribution in [2.24, 2.45) is 23.7 Å². The van der Waals surface area contributed by atoms with Gasteiger partial charge in [-0.1, -0.05) is 0 Å². The maximum atomic E-state index is 2.44. The molecule has 0 aliphatic rings. The molecule has 0 aromatic rings. The van der Waals surface area contributed by atoms with E-state index in [0.29, 0.717) is 15.2 Å². The van der Waals surface area contributed by atoms with E-state index in [2.05, 4.69) is 41.5 Å². The van der Waals surface area contributed by atoms with Crippen LogP contribution in [0.3, 0.4) is 0 Å². The Balaban J connectivity index is 0. The molecule has 4 atom stereocenters. The third kappa shape index (κ3) is 6.65. The molecular formula is C14H31Al. The van der Waals surface area contributed by atoms with E-state index in [9.17, 15) is 0 Å². The van der Waals surface area contributed by atoms with Gasteiger partial charge in [-0.25, -0.2) is 0 Å². The smallest absolute Gasteiger partial charge is 1.00 e. The van der Waals surface area contributed by atoms with Gasteiger partial charge in [-0.15, -0.1) is 0 Å². The molecule has 1 heteroatoms. The van der Waals surface area contributed by atoms with Gasteiger partial charge in [-0.2, -0.15) is 0 Å². The standard InChI is InChI=1S/2C7H15.Al.H/c2*1-5-7(4)6(2)3;;/h2*6-7H,2,5H2,1,3-4H3;;/q;;+1;-1. The third-order valence-electron chi connectivity index (χ3n) is 4.31. The summed E-state index contributed by atoms with van der Waals surface area (Å²) in [6.07, 6.45) is 2.70. The summed E-state index contributed by atoms with van der Waals surface area (Å²) in [5, 5.41) is 3.02. The van der Waals surface area contributed by atoms with E-state index < -0.39 is 0 Å². The molecule has 0 fully saturated rings. The van der Waals surface area contributed by atoms with Gasteiger partial charge in [0.1, 0.15) is 0 Å². The molecule has 0 aliphatic heterocycles. The number of hydrogen-bond donors (Lipinski definition) is 0. The first-order chi connectivity index (χ1) is 7.02. The molecule has 0 N–H and O–H groups in total. The molecule has 0 aliphatic carbocycles. The van der Waals surface area contributed by atoms with Crippen LogP contribution in [0.15, 0.2) is 0 Å². The molecule has 0 spiro atoms. The van der Waals surface area contributed by atoms with Crippen molar-refractivity contribution < 1.29 is 1.43 Å². The fraction of sp³-hybridized carbons (Fsp3) is 1.00. The second-order valence-corrected chi connectivity index (χ2v) is 7.01. The van der Waals surface area contributed by atoms with Crippen LogP contribution in [0.2, 0.25) is 10.6 Å². The van der Waals surface area contributed by atoms with Gasteiger partial charge in [0, 0.05) is 0 Å². The maximum Gasteiger partial charge on any atom is -1.00 e. The van der Waals surface area contributed by atoms with E-state index >= 15 is 0 Å². The van der Waals surface area contributed by atoms with Crippen LogP contribution in [-0.4, -0.2) is 15.2 Å². The molecule has 0 heterocycles. The van der Waals surface area contributed by atoms with Gasteiger partial charge in [-0.3, -0.25) is 0 Å². The summed E-state index contributed by atoms with van der Waals surface area (Å²) in [6.45, 7) is 14.3. The summed E-state index contributed by atoms with van der Waals surface area (Å²) >= 11 is 0.698. The summed E-state index contributed by atoms with van der Waals surface area (Å²) < 4.78 is 0. The molecule has 90 valence electrons. The minimum absolute atomic E-state index is 0. The Labute approximate surface area is 105 Å².